The van der Waals surface area contributed by atoms with Crippen LogP contribution in [-0.2, 0) is 0 Å². The first-order chi connectivity index (χ1) is 5.27. The van der Waals surface area contributed by atoms with Gasteiger partial charge in [-0.25, -0.2) is 0 Å². The number of hydrogen-bond acceptors (Lipinski definition) is 3. The molecule has 5 heteroatoms. The van der Waals surface area contributed by atoms with Crippen LogP contribution in [0, 0.1) is 0 Å². The van der Waals surface area contributed by atoms with Gasteiger partial charge in [0.2, 0.25) is 0 Å². The highest BCUT2D eigenvalue weighted by atomic mass is 79.9. The third kappa shape index (κ3) is 1.33. The van der Waals surface area contributed by atoms with Gasteiger partial charge >= 0.3 is 0 Å². The third-order valence-corrected chi connectivity index (χ3v) is 2.45. The highest BCUT2D eigenvalue weighted by molar-refractivity contribution is 9.10. The minimum Gasteiger partial charge on any atom is -0.383 e. The van der Waals surface area contributed by atoms with E-state index in [9.17, 15) is 0 Å². The summed E-state index contributed by atoms with van der Waals surface area (Å²) in [6.07, 6.45) is 2.47. The Hall–Kier alpha value is -0.710. The van der Waals surface area contributed by atoms with E-state index in [1.54, 1.807) is 0 Å². The van der Waals surface area contributed by atoms with E-state index in [4.69, 9.17) is 5.73 Å². The van der Waals surface area contributed by atoms with E-state index in [1.165, 1.54) is 12.8 Å². The van der Waals surface area contributed by atoms with E-state index in [0.717, 1.165) is 10.3 Å². The Labute approximate surface area is 72.7 Å². The van der Waals surface area contributed by atoms with Gasteiger partial charge in [0.15, 0.2) is 5.82 Å². The van der Waals surface area contributed by atoms with Crippen molar-refractivity contribution in [1.82, 2.24) is 10.2 Å². The number of aromatic nitrogens is 2. The van der Waals surface area contributed by atoms with Gasteiger partial charge in [0.05, 0.1) is 0 Å². The lowest BCUT2D eigenvalue weighted by atomic mass is 10.5. The van der Waals surface area contributed by atoms with Gasteiger partial charge in [0, 0.05) is 6.04 Å². The third-order valence-electron chi connectivity index (χ3n) is 1.65. The molecule has 0 saturated heterocycles. The van der Waals surface area contributed by atoms with Crippen molar-refractivity contribution in [3.63, 3.8) is 0 Å². The largest absolute Gasteiger partial charge is 0.383 e. The molecule has 11 heavy (non-hydrogen) atoms. The molecule has 1 heterocycles. The van der Waals surface area contributed by atoms with Crippen LogP contribution in [0.15, 0.2) is 4.47 Å². The van der Waals surface area contributed by atoms with Crippen molar-refractivity contribution >= 4 is 27.6 Å². The molecule has 0 amide bonds. The molecule has 1 saturated carbocycles. The number of nitrogens with one attached hydrogen (secondary N) is 2. The molecule has 4 nitrogen and oxygen atoms in total. The second-order valence-electron chi connectivity index (χ2n) is 2.72. The Bertz CT molecular complexity index is 266. The summed E-state index contributed by atoms with van der Waals surface area (Å²) in [6.45, 7) is 0. The first kappa shape index (κ1) is 6.97. The SMILES string of the molecule is Nc1[nH]nc(NC2CC2)c1Br. The number of aromatic amines is 1. The number of nitrogen functional groups attached to an aromatic ring is 1. The fourth-order valence-corrected chi connectivity index (χ4v) is 1.15. The first-order valence-corrected chi connectivity index (χ1v) is 4.32. The van der Waals surface area contributed by atoms with Crippen LogP contribution < -0.4 is 11.1 Å². The van der Waals surface area contributed by atoms with Crippen LogP contribution in [0.5, 0.6) is 0 Å². The highest BCUT2D eigenvalue weighted by Crippen LogP contribution is 2.30. The van der Waals surface area contributed by atoms with Crippen LogP contribution in [0.4, 0.5) is 11.6 Å². The van der Waals surface area contributed by atoms with Gasteiger partial charge in [-0.05, 0) is 28.8 Å². The van der Waals surface area contributed by atoms with E-state index in [-0.39, 0.29) is 0 Å². The number of hydrogen-bond donors (Lipinski definition) is 3. The van der Waals surface area contributed by atoms with Gasteiger partial charge in [-0.3, -0.25) is 5.10 Å². The lowest BCUT2D eigenvalue weighted by Gasteiger charge is -1.97. The van der Waals surface area contributed by atoms with Crippen LogP contribution >= 0.6 is 15.9 Å². The molecule has 1 aliphatic rings. The van der Waals surface area contributed by atoms with Crippen molar-refractivity contribution in [2.24, 2.45) is 0 Å². The van der Waals surface area contributed by atoms with Gasteiger partial charge in [-0.1, -0.05) is 0 Å². The van der Waals surface area contributed by atoms with Crippen LogP contribution in [0.3, 0.4) is 0 Å². The van der Waals surface area contributed by atoms with Gasteiger partial charge in [-0.2, -0.15) is 5.10 Å². The quantitative estimate of drug-likeness (QED) is 0.699. The molecule has 2 rings (SSSR count). The van der Waals surface area contributed by atoms with Gasteiger partial charge in [-0.15, -0.1) is 0 Å². The Kier molecular flexibility index (Phi) is 1.52. The molecule has 60 valence electrons. The van der Waals surface area contributed by atoms with Crippen molar-refractivity contribution < 1.29 is 0 Å². The zero-order valence-electron chi connectivity index (χ0n) is 5.89. The Balaban J connectivity index is 2.15. The molecule has 1 fully saturated rings. The minimum absolute atomic E-state index is 0.577. The lowest BCUT2D eigenvalue weighted by molar-refractivity contribution is 1.05. The van der Waals surface area contributed by atoms with Crippen molar-refractivity contribution in [3.05, 3.63) is 4.47 Å². The van der Waals surface area contributed by atoms with E-state index in [0.29, 0.717) is 11.9 Å². The fraction of sp³-hybridized carbons (Fsp3) is 0.500. The van der Waals surface area contributed by atoms with E-state index in [2.05, 4.69) is 31.4 Å². The number of rotatable bonds is 2. The molecule has 0 spiro atoms. The van der Waals surface area contributed by atoms with Crippen LogP contribution in [0.25, 0.3) is 0 Å². The van der Waals surface area contributed by atoms with E-state index in [1.807, 2.05) is 0 Å². The fourth-order valence-electron chi connectivity index (χ4n) is 0.859. The van der Waals surface area contributed by atoms with Crippen LogP contribution in [0.1, 0.15) is 12.8 Å². The maximum atomic E-state index is 5.53. The summed E-state index contributed by atoms with van der Waals surface area (Å²) in [5.74, 6) is 1.40. The monoisotopic (exact) mass is 216 g/mol. The summed E-state index contributed by atoms with van der Waals surface area (Å²) in [5, 5.41) is 9.91. The average Bonchev–Trinajstić information content (AvgIpc) is 2.74. The standard InChI is InChI=1S/C6H9BrN4/c7-4-5(8)10-11-6(4)9-3-1-2-3/h3H,1-2H2,(H4,8,9,10,11). The molecule has 0 aromatic carbocycles. The second-order valence-corrected chi connectivity index (χ2v) is 3.51. The van der Waals surface area contributed by atoms with E-state index >= 15 is 0 Å². The number of H-pyrrole nitrogens is 1. The van der Waals surface area contributed by atoms with Crippen molar-refractivity contribution in [2.45, 2.75) is 18.9 Å². The first-order valence-electron chi connectivity index (χ1n) is 3.53. The molecule has 1 aliphatic carbocycles. The van der Waals surface area contributed by atoms with Crippen LogP contribution in [-0.4, -0.2) is 16.2 Å². The van der Waals surface area contributed by atoms with Crippen molar-refractivity contribution in [2.75, 3.05) is 11.1 Å². The Morgan fingerprint density at radius 3 is 2.82 bits per heavy atom. The predicted octanol–water partition coefficient (Wildman–Crippen LogP) is 1.33. The molecule has 4 N–H and O–H groups in total. The number of nitrogens with zero attached hydrogens (tertiary/aromatic N) is 1. The molecule has 0 unspecified atom stereocenters. The number of halogens is 1. The normalized spacial score (nSPS) is 16.8. The zero-order chi connectivity index (χ0) is 7.84. The van der Waals surface area contributed by atoms with E-state index < -0.39 is 0 Å². The summed E-state index contributed by atoms with van der Waals surface area (Å²) in [7, 11) is 0. The predicted molar refractivity (Wildman–Crippen MR) is 47.3 cm³/mol. The Morgan fingerprint density at radius 2 is 2.36 bits per heavy atom. The van der Waals surface area contributed by atoms with Crippen LogP contribution in [0.2, 0.25) is 0 Å². The summed E-state index contributed by atoms with van der Waals surface area (Å²) in [4.78, 5) is 0. The van der Waals surface area contributed by atoms with Gasteiger partial charge in [0.1, 0.15) is 10.3 Å². The smallest absolute Gasteiger partial charge is 0.164 e. The summed E-state index contributed by atoms with van der Waals surface area (Å²) < 4.78 is 0.837. The zero-order valence-corrected chi connectivity index (χ0v) is 7.48. The maximum absolute atomic E-state index is 5.53. The second kappa shape index (κ2) is 2.41. The van der Waals surface area contributed by atoms with Crippen molar-refractivity contribution in [3.8, 4) is 0 Å². The molecule has 0 atom stereocenters. The minimum atomic E-state index is 0.577. The van der Waals surface area contributed by atoms with Crippen molar-refractivity contribution in [1.29, 1.82) is 0 Å². The van der Waals surface area contributed by atoms with Gasteiger partial charge < -0.3 is 11.1 Å². The highest BCUT2D eigenvalue weighted by Gasteiger charge is 2.23. The number of nitrogens with two attached hydrogens (primary N) is 1. The molecule has 1 aromatic heterocycles. The van der Waals surface area contributed by atoms with Gasteiger partial charge in [0.25, 0.3) is 0 Å². The topological polar surface area (TPSA) is 66.7 Å². The molecule has 0 radical (unpaired) electrons. The molecule has 0 bridgehead atoms. The summed E-state index contributed by atoms with van der Waals surface area (Å²) in [5.41, 5.74) is 5.53. The number of anilines is 2. The molecular formula is C6H9BrN4. The average molecular weight is 217 g/mol. The molecule has 0 aliphatic heterocycles. The summed E-state index contributed by atoms with van der Waals surface area (Å²) in [6, 6.07) is 0.606. The molecular weight excluding hydrogens is 208 g/mol. The maximum Gasteiger partial charge on any atom is 0.164 e. The molecule has 1 aromatic rings. The Morgan fingerprint density at radius 1 is 1.64 bits per heavy atom. The summed E-state index contributed by atoms with van der Waals surface area (Å²) >= 11 is 3.33. The lowest BCUT2D eigenvalue weighted by Crippen LogP contribution is -2.01.